The second kappa shape index (κ2) is 8.22. The Morgan fingerprint density at radius 1 is 1.11 bits per heavy atom. The number of piperidine rings is 1. The fraction of sp³-hybridized carbons (Fsp3) is 0.333. The maximum Gasteiger partial charge on any atom is 0.249 e. The number of rotatable bonds is 5. The van der Waals surface area contributed by atoms with E-state index in [9.17, 15) is 9.59 Å². The number of hydrogen-bond donors (Lipinski definition) is 1. The number of ether oxygens (including phenoxy) is 1. The number of aryl methyl sites for hydroxylation is 1. The summed E-state index contributed by atoms with van der Waals surface area (Å²) in [5.74, 6) is -0.0842. The van der Waals surface area contributed by atoms with Crippen LogP contribution in [0.4, 0.5) is 5.69 Å². The molecule has 1 aliphatic heterocycles. The fourth-order valence-corrected chi connectivity index (χ4v) is 3.62. The highest BCUT2D eigenvalue weighted by atomic mass is 16.6. The van der Waals surface area contributed by atoms with Gasteiger partial charge in [0, 0.05) is 17.7 Å². The van der Waals surface area contributed by atoms with Crippen LogP contribution in [0.1, 0.15) is 30.0 Å². The molecule has 1 saturated heterocycles. The van der Waals surface area contributed by atoms with Gasteiger partial charge in [-0.2, -0.15) is 0 Å². The van der Waals surface area contributed by atoms with E-state index in [1.807, 2.05) is 55.5 Å². The molecule has 1 aliphatic rings. The first-order valence-corrected chi connectivity index (χ1v) is 8.91. The number of methoxy groups -OCH3 is 1. The molecule has 3 rings (SSSR count). The highest BCUT2D eigenvalue weighted by Gasteiger charge is 2.42. The molecule has 1 heterocycles. The summed E-state index contributed by atoms with van der Waals surface area (Å²) in [5.41, 5.74) is 5.09. The van der Waals surface area contributed by atoms with Crippen LogP contribution in [0.15, 0.2) is 48.5 Å². The minimum Gasteiger partial charge on any atom is -0.496 e. The Morgan fingerprint density at radius 3 is 2.48 bits per heavy atom. The van der Waals surface area contributed by atoms with E-state index in [2.05, 4.69) is 5.48 Å². The van der Waals surface area contributed by atoms with Crippen molar-refractivity contribution in [2.45, 2.75) is 25.8 Å². The fourth-order valence-electron chi connectivity index (χ4n) is 3.62. The summed E-state index contributed by atoms with van der Waals surface area (Å²) < 4.78 is 5.52. The summed E-state index contributed by atoms with van der Waals surface area (Å²) in [6.45, 7) is 1.99. The van der Waals surface area contributed by atoms with Crippen LogP contribution in [-0.2, 0) is 14.4 Å². The van der Waals surface area contributed by atoms with Crippen molar-refractivity contribution in [1.82, 2.24) is 5.48 Å². The van der Waals surface area contributed by atoms with Crippen molar-refractivity contribution in [2.24, 2.45) is 5.92 Å². The zero-order valence-corrected chi connectivity index (χ0v) is 15.8. The standard InChI is InChI=1S/C21H24N2O4/c1-14-8-10-15(11-9-14)23-19(24)13-12-17(21(25)22-27-3)20(23)16-6-4-5-7-18(16)26-2/h4-11,17,20H,12-13H2,1-3H3,(H,22,25)/t17-,20-/m0/s1. The quantitative estimate of drug-likeness (QED) is 0.823. The van der Waals surface area contributed by atoms with E-state index < -0.39 is 12.0 Å². The molecule has 2 amide bonds. The molecule has 27 heavy (non-hydrogen) atoms. The van der Waals surface area contributed by atoms with E-state index >= 15 is 0 Å². The third-order valence-electron chi connectivity index (χ3n) is 4.91. The number of anilines is 1. The zero-order valence-electron chi connectivity index (χ0n) is 15.8. The molecule has 142 valence electrons. The lowest BCUT2D eigenvalue weighted by atomic mass is 9.83. The molecular formula is C21H24N2O4. The SMILES string of the molecule is CONC(=O)[C@H]1CCC(=O)N(c2ccc(C)cc2)[C@H]1c1ccccc1OC. The van der Waals surface area contributed by atoms with Gasteiger partial charge in [0.25, 0.3) is 0 Å². The highest BCUT2D eigenvalue weighted by Crippen LogP contribution is 2.43. The van der Waals surface area contributed by atoms with Gasteiger partial charge in [-0.1, -0.05) is 35.9 Å². The molecule has 2 aromatic rings. The number of hydrogen-bond acceptors (Lipinski definition) is 4. The van der Waals surface area contributed by atoms with Crippen LogP contribution in [0.5, 0.6) is 5.75 Å². The molecule has 0 radical (unpaired) electrons. The van der Waals surface area contributed by atoms with E-state index in [1.54, 1.807) is 12.0 Å². The van der Waals surface area contributed by atoms with Gasteiger partial charge >= 0.3 is 0 Å². The van der Waals surface area contributed by atoms with Crippen LogP contribution < -0.4 is 15.1 Å². The van der Waals surface area contributed by atoms with Gasteiger partial charge in [0.2, 0.25) is 11.8 Å². The van der Waals surface area contributed by atoms with Crippen molar-refractivity contribution < 1.29 is 19.2 Å². The van der Waals surface area contributed by atoms with Crippen molar-refractivity contribution in [2.75, 3.05) is 19.1 Å². The predicted molar refractivity (Wildman–Crippen MR) is 102 cm³/mol. The number of para-hydroxylation sites is 1. The summed E-state index contributed by atoms with van der Waals surface area (Å²) in [6, 6.07) is 14.7. The largest absolute Gasteiger partial charge is 0.496 e. The first-order chi connectivity index (χ1) is 13.1. The highest BCUT2D eigenvalue weighted by molar-refractivity contribution is 5.97. The molecule has 6 nitrogen and oxygen atoms in total. The molecule has 2 atom stereocenters. The van der Waals surface area contributed by atoms with E-state index in [-0.39, 0.29) is 11.8 Å². The molecule has 2 aromatic carbocycles. The number of nitrogens with one attached hydrogen (secondary N) is 1. The first kappa shape index (κ1) is 18.9. The van der Waals surface area contributed by atoms with Crippen LogP contribution in [-0.4, -0.2) is 26.0 Å². The maximum absolute atomic E-state index is 12.9. The number of carbonyl (C=O) groups excluding carboxylic acids is 2. The van der Waals surface area contributed by atoms with Gasteiger partial charge in [-0.3, -0.25) is 14.4 Å². The minimum absolute atomic E-state index is 0.0174. The molecular weight excluding hydrogens is 344 g/mol. The van der Waals surface area contributed by atoms with E-state index in [0.29, 0.717) is 18.6 Å². The molecule has 0 bridgehead atoms. The summed E-state index contributed by atoms with van der Waals surface area (Å²) in [6.07, 6.45) is 0.737. The van der Waals surface area contributed by atoms with Gasteiger partial charge < -0.3 is 9.64 Å². The van der Waals surface area contributed by atoms with Crippen LogP contribution in [0.3, 0.4) is 0 Å². The van der Waals surface area contributed by atoms with Gasteiger partial charge in [-0.05, 0) is 31.5 Å². The Hall–Kier alpha value is -2.86. The summed E-state index contributed by atoms with van der Waals surface area (Å²) in [4.78, 5) is 32.2. The smallest absolute Gasteiger partial charge is 0.249 e. The lowest BCUT2D eigenvalue weighted by Gasteiger charge is -2.41. The van der Waals surface area contributed by atoms with Crippen LogP contribution in [0.25, 0.3) is 0 Å². The third-order valence-corrected chi connectivity index (χ3v) is 4.91. The Labute approximate surface area is 159 Å². The van der Waals surface area contributed by atoms with Gasteiger partial charge in [0.15, 0.2) is 0 Å². The van der Waals surface area contributed by atoms with Gasteiger partial charge in [0.05, 0.1) is 26.2 Å². The first-order valence-electron chi connectivity index (χ1n) is 8.91. The van der Waals surface area contributed by atoms with Gasteiger partial charge in [-0.25, -0.2) is 5.48 Å². The van der Waals surface area contributed by atoms with Crippen molar-refractivity contribution >= 4 is 17.5 Å². The van der Waals surface area contributed by atoms with Crippen molar-refractivity contribution in [1.29, 1.82) is 0 Å². The lowest BCUT2D eigenvalue weighted by Crippen LogP contribution is -2.48. The zero-order chi connectivity index (χ0) is 19.4. The Balaban J connectivity index is 2.13. The molecule has 0 aromatic heterocycles. The number of hydroxylamine groups is 1. The average molecular weight is 368 g/mol. The number of amides is 2. The van der Waals surface area contributed by atoms with Crippen molar-refractivity contribution in [3.8, 4) is 5.75 Å². The van der Waals surface area contributed by atoms with Crippen LogP contribution in [0.2, 0.25) is 0 Å². The van der Waals surface area contributed by atoms with E-state index in [0.717, 1.165) is 16.8 Å². The van der Waals surface area contributed by atoms with E-state index in [4.69, 9.17) is 9.57 Å². The topological polar surface area (TPSA) is 67.9 Å². The molecule has 1 N–H and O–H groups in total. The Bertz CT molecular complexity index is 819. The monoisotopic (exact) mass is 368 g/mol. The van der Waals surface area contributed by atoms with Gasteiger partial charge in [0.1, 0.15) is 5.75 Å². The molecule has 1 fully saturated rings. The summed E-state index contributed by atoms with van der Waals surface area (Å²) in [7, 11) is 2.99. The van der Waals surface area contributed by atoms with Crippen molar-refractivity contribution in [3.63, 3.8) is 0 Å². The molecule has 0 spiro atoms. The number of carbonyl (C=O) groups is 2. The maximum atomic E-state index is 12.9. The predicted octanol–water partition coefficient (Wildman–Crippen LogP) is 3.17. The Morgan fingerprint density at radius 2 is 1.81 bits per heavy atom. The van der Waals surface area contributed by atoms with Crippen molar-refractivity contribution in [3.05, 3.63) is 59.7 Å². The summed E-state index contributed by atoms with van der Waals surface area (Å²) >= 11 is 0. The van der Waals surface area contributed by atoms with Gasteiger partial charge in [-0.15, -0.1) is 0 Å². The molecule has 0 saturated carbocycles. The number of benzene rings is 2. The van der Waals surface area contributed by atoms with Crippen LogP contribution in [0, 0.1) is 12.8 Å². The number of nitrogens with zero attached hydrogens (tertiary/aromatic N) is 1. The Kier molecular flexibility index (Phi) is 5.76. The van der Waals surface area contributed by atoms with Crippen LogP contribution >= 0.6 is 0 Å². The third kappa shape index (κ3) is 3.80. The normalized spacial score (nSPS) is 19.7. The minimum atomic E-state index is -0.486. The molecule has 0 aliphatic carbocycles. The molecule has 0 unspecified atom stereocenters. The average Bonchev–Trinajstić information content (AvgIpc) is 2.68. The summed E-state index contributed by atoms with van der Waals surface area (Å²) in [5, 5.41) is 0. The lowest BCUT2D eigenvalue weighted by molar-refractivity contribution is -0.138. The second-order valence-electron chi connectivity index (χ2n) is 6.60. The van der Waals surface area contributed by atoms with E-state index in [1.165, 1.54) is 7.11 Å². The second-order valence-corrected chi connectivity index (χ2v) is 6.60. The molecule has 6 heteroatoms.